The number of halogens is 1. The Bertz CT molecular complexity index is 1220. The molecule has 3 nitrogen and oxygen atoms in total. The molecule has 0 fully saturated rings. The number of aryl methyl sites for hydroxylation is 2. The predicted octanol–water partition coefficient (Wildman–Crippen LogP) is 6.41. The maximum Gasteiger partial charge on any atom is 0.147 e. The molecule has 0 atom stereocenters. The molecule has 4 aromatic rings. The Labute approximate surface area is 165 Å². The number of nitrogens with one attached hydrogen (secondary N) is 1. The molecule has 0 unspecified atom stereocenters. The second-order valence-electron chi connectivity index (χ2n) is 6.74. The number of thiophene rings is 1. The molecule has 1 aromatic carbocycles. The third-order valence-corrected chi connectivity index (χ3v) is 6.79. The molecule has 0 amide bonds. The van der Waals surface area contributed by atoms with Crippen molar-refractivity contribution in [1.82, 2.24) is 15.0 Å². The van der Waals surface area contributed by atoms with E-state index in [-0.39, 0.29) is 0 Å². The Hall–Kier alpha value is -1.82. The molecule has 1 N–H and O–H groups in total. The summed E-state index contributed by atoms with van der Waals surface area (Å²) in [6.07, 6.45) is 4.52. The van der Waals surface area contributed by atoms with Crippen LogP contribution in [0.15, 0.2) is 24.3 Å². The SMILES string of the molecule is Cc1nc(=S)c2sc3nc4c(c(-c5ccc(Cl)cc5)c3c2[nH]1)CCCC4. The fraction of sp³-hybridized carbons (Fsp3) is 0.250. The monoisotopic (exact) mass is 397 g/mol. The highest BCUT2D eigenvalue weighted by molar-refractivity contribution is 7.71. The number of nitrogens with zero attached hydrogens (tertiary/aromatic N) is 2. The Balaban J connectivity index is 1.99. The first-order valence-electron chi connectivity index (χ1n) is 8.72. The third-order valence-electron chi connectivity index (χ3n) is 5.02. The number of H-pyrrole nitrogens is 1. The highest BCUT2D eigenvalue weighted by Crippen LogP contribution is 2.43. The third kappa shape index (κ3) is 2.49. The van der Waals surface area contributed by atoms with Crippen molar-refractivity contribution in [2.75, 3.05) is 0 Å². The summed E-state index contributed by atoms with van der Waals surface area (Å²) in [6.45, 7) is 1.95. The van der Waals surface area contributed by atoms with Crippen molar-refractivity contribution < 1.29 is 0 Å². The number of fused-ring (bicyclic) bond motifs is 4. The summed E-state index contributed by atoms with van der Waals surface area (Å²) in [5.41, 5.74) is 6.14. The Kier molecular flexibility index (Phi) is 3.85. The van der Waals surface area contributed by atoms with Crippen LogP contribution in [0.3, 0.4) is 0 Å². The van der Waals surface area contributed by atoms with Gasteiger partial charge in [-0.2, -0.15) is 0 Å². The van der Waals surface area contributed by atoms with Gasteiger partial charge in [0.25, 0.3) is 0 Å². The molecule has 1 aliphatic rings. The summed E-state index contributed by atoms with van der Waals surface area (Å²) in [6, 6.07) is 8.14. The fourth-order valence-electron chi connectivity index (χ4n) is 3.90. The van der Waals surface area contributed by atoms with Crippen molar-refractivity contribution in [3.05, 3.63) is 51.0 Å². The van der Waals surface area contributed by atoms with Gasteiger partial charge in [0.1, 0.15) is 15.3 Å². The van der Waals surface area contributed by atoms with Gasteiger partial charge in [-0.3, -0.25) is 0 Å². The van der Waals surface area contributed by atoms with Crippen molar-refractivity contribution in [1.29, 1.82) is 0 Å². The minimum Gasteiger partial charge on any atom is -0.342 e. The maximum absolute atomic E-state index is 6.14. The van der Waals surface area contributed by atoms with E-state index in [9.17, 15) is 0 Å². The standard InChI is InChI=1S/C20H16ClN3S2/c1-10-22-17-16-15(11-6-8-12(21)9-7-11)13-4-2-3-5-14(13)24-20(16)26-18(17)19(25)23-10/h6-9H,2-5H2,1H3,(H,22,23,25). The number of benzene rings is 1. The molecule has 0 bridgehead atoms. The smallest absolute Gasteiger partial charge is 0.147 e. The van der Waals surface area contributed by atoms with Gasteiger partial charge >= 0.3 is 0 Å². The van der Waals surface area contributed by atoms with Crippen molar-refractivity contribution in [3.8, 4) is 11.1 Å². The molecular formula is C20H16ClN3S2. The number of aromatic amines is 1. The van der Waals surface area contributed by atoms with Crippen LogP contribution in [-0.2, 0) is 12.8 Å². The summed E-state index contributed by atoms with van der Waals surface area (Å²) in [4.78, 5) is 13.9. The van der Waals surface area contributed by atoms with Gasteiger partial charge in [0.05, 0.1) is 10.2 Å². The molecule has 0 radical (unpaired) electrons. The quantitative estimate of drug-likeness (QED) is 0.377. The summed E-state index contributed by atoms with van der Waals surface area (Å²) >= 11 is 13.3. The fourth-order valence-corrected chi connectivity index (χ4v) is 5.44. The first kappa shape index (κ1) is 16.4. The van der Waals surface area contributed by atoms with E-state index >= 15 is 0 Å². The van der Waals surface area contributed by atoms with E-state index < -0.39 is 0 Å². The number of rotatable bonds is 1. The van der Waals surface area contributed by atoms with Gasteiger partial charge in [0.2, 0.25) is 0 Å². The van der Waals surface area contributed by atoms with Gasteiger partial charge in [0, 0.05) is 16.1 Å². The largest absolute Gasteiger partial charge is 0.342 e. The number of aromatic nitrogens is 3. The molecular weight excluding hydrogens is 382 g/mol. The van der Waals surface area contributed by atoms with E-state index in [1.165, 1.54) is 40.6 Å². The lowest BCUT2D eigenvalue weighted by atomic mass is 9.87. The number of hydrogen-bond acceptors (Lipinski definition) is 4. The van der Waals surface area contributed by atoms with Crippen molar-refractivity contribution in [2.24, 2.45) is 0 Å². The lowest BCUT2D eigenvalue weighted by Crippen LogP contribution is -2.07. The molecule has 0 saturated heterocycles. The lowest BCUT2D eigenvalue weighted by Gasteiger charge is -2.20. The zero-order valence-electron chi connectivity index (χ0n) is 14.2. The van der Waals surface area contributed by atoms with Crippen LogP contribution in [0.1, 0.15) is 29.9 Å². The Morgan fingerprint density at radius 1 is 1.12 bits per heavy atom. The summed E-state index contributed by atoms with van der Waals surface area (Å²) < 4.78 is 1.67. The lowest BCUT2D eigenvalue weighted by molar-refractivity contribution is 0.673. The molecule has 3 aromatic heterocycles. The van der Waals surface area contributed by atoms with Gasteiger partial charge in [-0.25, -0.2) is 9.97 Å². The van der Waals surface area contributed by atoms with E-state index in [0.717, 1.165) is 38.7 Å². The normalized spacial score (nSPS) is 14.1. The van der Waals surface area contributed by atoms with E-state index in [2.05, 4.69) is 22.1 Å². The topological polar surface area (TPSA) is 41.6 Å². The highest BCUT2D eigenvalue weighted by Gasteiger charge is 2.23. The summed E-state index contributed by atoms with van der Waals surface area (Å²) in [5, 5.41) is 1.92. The van der Waals surface area contributed by atoms with Crippen LogP contribution >= 0.6 is 35.2 Å². The first-order valence-corrected chi connectivity index (χ1v) is 10.3. The first-order chi connectivity index (χ1) is 12.6. The average molecular weight is 398 g/mol. The molecule has 6 heteroatoms. The molecule has 0 saturated carbocycles. The van der Waals surface area contributed by atoms with Gasteiger partial charge in [-0.15, -0.1) is 11.3 Å². The number of hydrogen-bond donors (Lipinski definition) is 1. The zero-order valence-corrected chi connectivity index (χ0v) is 16.6. The predicted molar refractivity (Wildman–Crippen MR) is 112 cm³/mol. The van der Waals surface area contributed by atoms with Gasteiger partial charge in [-0.05, 0) is 61.4 Å². The summed E-state index contributed by atoms with van der Waals surface area (Å²) in [5.74, 6) is 0.835. The van der Waals surface area contributed by atoms with E-state index in [0.29, 0.717) is 4.64 Å². The molecule has 26 heavy (non-hydrogen) atoms. The Morgan fingerprint density at radius 3 is 2.69 bits per heavy atom. The zero-order chi connectivity index (χ0) is 17.8. The number of pyridine rings is 1. The van der Waals surface area contributed by atoms with Crippen LogP contribution in [0.2, 0.25) is 5.02 Å². The molecule has 0 aliphatic heterocycles. The van der Waals surface area contributed by atoms with Crippen LogP contribution in [-0.4, -0.2) is 15.0 Å². The molecule has 3 heterocycles. The van der Waals surface area contributed by atoms with Gasteiger partial charge < -0.3 is 4.98 Å². The molecule has 0 spiro atoms. The van der Waals surface area contributed by atoms with Crippen LogP contribution in [0.5, 0.6) is 0 Å². The molecule has 5 rings (SSSR count). The van der Waals surface area contributed by atoms with E-state index in [4.69, 9.17) is 28.8 Å². The maximum atomic E-state index is 6.14. The Morgan fingerprint density at radius 2 is 1.88 bits per heavy atom. The van der Waals surface area contributed by atoms with Crippen LogP contribution < -0.4 is 0 Å². The van der Waals surface area contributed by atoms with Gasteiger partial charge in [-0.1, -0.05) is 36.0 Å². The van der Waals surface area contributed by atoms with Crippen molar-refractivity contribution >= 4 is 55.6 Å². The molecule has 130 valence electrons. The minimum absolute atomic E-state index is 0.652. The van der Waals surface area contributed by atoms with Gasteiger partial charge in [0.15, 0.2) is 0 Å². The summed E-state index contributed by atoms with van der Waals surface area (Å²) in [7, 11) is 0. The van der Waals surface area contributed by atoms with Crippen LogP contribution in [0.25, 0.3) is 31.6 Å². The molecule has 1 aliphatic carbocycles. The second-order valence-corrected chi connectivity index (χ2v) is 8.56. The highest BCUT2D eigenvalue weighted by atomic mass is 35.5. The van der Waals surface area contributed by atoms with Crippen LogP contribution in [0.4, 0.5) is 0 Å². The second kappa shape index (κ2) is 6.12. The van der Waals surface area contributed by atoms with E-state index in [1.54, 1.807) is 11.3 Å². The van der Waals surface area contributed by atoms with E-state index in [1.807, 2.05) is 19.1 Å². The minimum atomic E-state index is 0.652. The average Bonchev–Trinajstić information content (AvgIpc) is 2.99. The van der Waals surface area contributed by atoms with Crippen molar-refractivity contribution in [3.63, 3.8) is 0 Å². The van der Waals surface area contributed by atoms with Crippen LogP contribution in [0, 0.1) is 11.6 Å². The van der Waals surface area contributed by atoms with Crippen molar-refractivity contribution in [2.45, 2.75) is 32.6 Å².